The van der Waals surface area contributed by atoms with Crippen LogP contribution in [0.15, 0.2) is 42.5 Å². The predicted octanol–water partition coefficient (Wildman–Crippen LogP) is 6.31. The van der Waals surface area contributed by atoms with Crippen LogP contribution in [0.1, 0.15) is 77.3 Å². The molecule has 0 bridgehead atoms. The van der Waals surface area contributed by atoms with Crippen molar-refractivity contribution in [2.75, 3.05) is 17.1 Å². The van der Waals surface area contributed by atoms with Gasteiger partial charge in [-0.2, -0.15) is 0 Å². The van der Waals surface area contributed by atoms with Crippen LogP contribution in [0, 0.1) is 0 Å². The van der Waals surface area contributed by atoms with Crippen LogP contribution in [0.2, 0.25) is 10.0 Å². The number of carbonyl (C=O) groups excluding carboxylic acids is 2. The molecule has 1 saturated carbocycles. The number of rotatable bonds is 10. The largest absolute Gasteiger partial charge is 0.352 e. The van der Waals surface area contributed by atoms with Crippen molar-refractivity contribution < 1.29 is 18.0 Å². The van der Waals surface area contributed by atoms with Gasteiger partial charge in [0.1, 0.15) is 12.6 Å². The van der Waals surface area contributed by atoms with Gasteiger partial charge in [0, 0.05) is 12.6 Å². The van der Waals surface area contributed by atoms with Crippen LogP contribution in [-0.2, 0) is 31.6 Å². The summed E-state index contributed by atoms with van der Waals surface area (Å²) < 4.78 is 26.9. The number of hydrogen-bond acceptors (Lipinski definition) is 4. The highest BCUT2D eigenvalue weighted by Crippen LogP contribution is 2.27. The van der Waals surface area contributed by atoms with Crippen molar-refractivity contribution in [2.24, 2.45) is 0 Å². The number of benzene rings is 2. The van der Waals surface area contributed by atoms with Crippen LogP contribution in [0.5, 0.6) is 0 Å². The summed E-state index contributed by atoms with van der Waals surface area (Å²) >= 11 is 12.4. The predicted molar refractivity (Wildman–Crippen MR) is 163 cm³/mol. The van der Waals surface area contributed by atoms with Gasteiger partial charge in [-0.25, -0.2) is 8.42 Å². The standard InChI is InChI=1S/C30H41Cl2N3O4S/c1-6-27(29(37)33-23-10-8-7-9-11-23)34(19-21-12-17-25(31)26(32)18-21)28(36)20-35(40(5,38)39)24-15-13-22(14-16-24)30(2,3)4/h12-18,23,27H,6-11,19-20H2,1-5H3,(H,33,37)/t27-/m0/s1. The molecule has 0 radical (unpaired) electrons. The molecule has 0 spiro atoms. The van der Waals surface area contributed by atoms with E-state index in [0.29, 0.717) is 27.7 Å². The molecule has 40 heavy (non-hydrogen) atoms. The van der Waals surface area contributed by atoms with Gasteiger partial charge in [0.2, 0.25) is 21.8 Å². The fourth-order valence-corrected chi connectivity index (χ4v) is 6.21. The van der Waals surface area contributed by atoms with Crippen molar-refractivity contribution in [1.82, 2.24) is 10.2 Å². The fraction of sp³-hybridized carbons (Fsp3) is 0.533. The van der Waals surface area contributed by atoms with Crippen molar-refractivity contribution in [3.63, 3.8) is 0 Å². The van der Waals surface area contributed by atoms with E-state index in [1.807, 2.05) is 19.1 Å². The molecule has 0 aromatic heterocycles. The normalized spacial score (nSPS) is 15.4. The number of anilines is 1. The molecule has 2 aromatic rings. The van der Waals surface area contributed by atoms with E-state index < -0.39 is 28.5 Å². The minimum absolute atomic E-state index is 0.0751. The number of halogens is 2. The molecule has 1 aliphatic rings. The van der Waals surface area contributed by atoms with Gasteiger partial charge in [-0.05, 0) is 60.1 Å². The first-order valence-corrected chi connectivity index (χ1v) is 16.4. The monoisotopic (exact) mass is 609 g/mol. The maximum absolute atomic E-state index is 13.9. The highest BCUT2D eigenvalue weighted by molar-refractivity contribution is 7.92. The zero-order chi connectivity index (χ0) is 29.7. The summed E-state index contributed by atoms with van der Waals surface area (Å²) in [7, 11) is -3.81. The molecule has 0 saturated heterocycles. The Hall–Kier alpha value is -2.29. The van der Waals surface area contributed by atoms with E-state index in [9.17, 15) is 18.0 Å². The summed E-state index contributed by atoms with van der Waals surface area (Å²) in [6, 6.07) is 11.5. The Labute approximate surface area is 249 Å². The minimum Gasteiger partial charge on any atom is -0.352 e. The second-order valence-corrected chi connectivity index (χ2v) is 14.3. The van der Waals surface area contributed by atoms with Crippen LogP contribution >= 0.6 is 23.2 Å². The number of sulfonamides is 1. The summed E-state index contributed by atoms with van der Waals surface area (Å²) in [5, 5.41) is 3.85. The van der Waals surface area contributed by atoms with Gasteiger partial charge in [0.25, 0.3) is 0 Å². The molecule has 2 aromatic carbocycles. The van der Waals surface area contributed by atoms with Gasteiger partial charge in [0.15, 0.2) is 0 Å². The average Bonchev–Trinajstić information content (AvgIpc) is 2.88. The summed E-state index contributed by atoms with van der Waals surface area (Å²) in [5.74, 6) is -0.717. The van der Waals surface area contributed by atoms with E-state index in [0.717, 1.165) is 48.2 Å². The van der Waals surface area contributed by atoms with Crippen LogP contribution in [0.25, 0.3) is 0 Å². The molecule has 3 rings (SSSR count). The Balaban J connectivity index is 1.94. The van der Waals surface area contributed by atoms with Gasteiger partial charge < -0.3 is 10.2 Å². The van der Waals surface area contributed by atoms with Gasteiger partial charge in [-0.3, -0.25) is 13.9 Å². The number of hydrogen-bond donors (Lipinski definition) is 1. The highest BCUT2D eigenvalue weighted by atomic mass is 35.5. The second-order valence-electron chi connectivity index (χ2n) is 11.6. The van der Waals surface area contributed by atoms with Crippen LogP contribution in [0.3, 0.4) is 0 Å². The molecule has 0 aliphatic heterocycles. The first-order valence-electron chi connectivity index (χ1n) is 13.8. The molecule has 1 N–H and O–H groups in total. The zero-order valence-corrected chi connectivity index (χ0v) is 26.4. The first kappa shape index (κ1) is 32.2. The fourth-order valence-electron chi connectivity index (χ4n) is 5.04. The molecule has 1 fully saturated rings. The minimum atomic E-state index is -3.81. The smallest absolute Gasteiger partial charge is 0.244 e. The summed E-state index contributed by atoms with van der Waals surface area (Å²) in [5.41, 5.74) is 2.01. The molecule has 1 aliphatic carbocycles. The third-order valence-corrected chi connectivity index (χ3v) is 9.25. The maximum atomic E-state index is 13.9. The van der Waals surface area contributed by atoms with E-state index in [-0.39, 0.29) is 23.9 Å². The van der Waals surface area contributed by atoms with Crippen molar-refractivity contribution in [2.45, 2.75) is 90.3 Å². The van der Waals surface area contributed by atoms with Gasteiger partial charge in [0.05, 0.1) is 22.0 Å². The highest BCUT2D eigenvalue weighted by Gasteiger charge is 2.33. The number of nitrogens with zero attached hydrogens (tertiary/aromatic N) is 2. The Morgan fingerprint density at radius 1 is 1.00 bits per heavy atom. The van der Waals surface area contributed by atoms with Crippen molar-refractivity contribution in [1.29, 1.82) is 0 Å². The van der Waals surface area contributed by atoms with E-state index in [4.69, 9.17) is 23.2 Å². The lowest BCUT2D eigenvalue weighted by Crippen LogP contribution is -2.53. The average molecular weight is 611 g/mol. The number of carbonyl (C=O) groups is 2. The van der Waals surface area contributed by atoms with Gasteiger partial charge >= 0.3 is 0 Å². The lowest BCUT2D eigenvalue weighted by atomic mass is 9.87. The van der Waals surface area contributed by atoms with Crippen LogP contribution < -0.4 is 9.62 Å². The SMILES string of the molecule is CC[C@@H](C(=O)NC1CCCCC1)N(Cc1ccc(Cl)c(Cl)c1)C(=O)CN(c1ccc(C(C)(C)C)cc1)S(C)(=O)=O. The molecular formula is C30H41Cl2N3O4S. The Morgan fingerprint density at radius 3 is 2.15 bits per heavy atom. The Kier molecular flexibility index (Phi) is 10.9. The molecule has 0 heterocycles. The first-order chi connectivity index (χ1) is 18.7. The molecule has 10 heteroatoms. The van der Waals surface area contributed by atoms with E-state index in [2.05, 4.69) is 26.1 Å². The van der Waals surface area contributed by atoms with Crippen molar-refractivity contribution in [3.8, 4) is 0 Å². The van der Waals surface area contributed by atoms with Crippen molar-refractivity contribution >= 4 is 50.7 Å². The Morgan fingerprint density at radius 2 is 1.62 bits per heavy atom. The summed E-state index contributed by atoms with van der Waals surface area (Å²) in [6.07, 6.45) is 6.54. The lowest BCUT2D eigenvalue weighted by Gasteiger charge is -2.34. The topological polar surface area (TPSA) is 86.8 Å². The third-order valence-electron chi connectivity index (χ3n) is 7.37. The molecule has 7 nitrogen and oxygen atoms in total. The van der Waals surface area contributed by atoms with E-state index in [1.54, 1.807) is 30.3 Å². The molecule has 220 valence electrons. The van der Waals surface area contributed by atoms with E-state index in [1.165, 1.54) is 4.90 Å². The molecular weight excluding hydrogens is 569 g/mol. The van der Waals surface area contributed by atoms with Gasteiger partial charge in [-0.15, -0.1) is 0 Å². The number of amides is 2. The lowest BCUT2D eigenvalue weighted by molar-refractivity contribution is -0.140. The second kappa shape index (κ2) is 13.6. The Bertz CT molecular complexity index is 1290. The van der Waals surface area contributed by atoms with Crippen LogP contribution in [-0.4, -0.2) is 50.0 Å². The van der Waals surface area contributed by atoms with Gasteiger partial charge in [-0.1, -0.05) is 88.4 Å². The summed E-state index contributed by atoms with van der Waals surface area (Å²) in [6.45, 7) is 7.70. The van der Waals surface area contributed by atoms with E-state index >= 15 is 0 Å². The molecule has 1 atom stereocenters. The van der Waals surface area contributed by atoms with Crippen molar-refractivity contribution in [3.05, 3.63) is 63.6 Å². The third kappa shape index (κ3) is 8.60. The maximum Gasteiger partial charge on any atom is 0.244 e. The zero-order valence-electron chi connectivity index (χ0n) is 24.0. The number of nitrogens with one attached hydrogen (secondary N) is 1. The van der Waals surface area contributed by atoms with Crippen LogP contribution in [0.4, 0.5) is 5.69 Å². The summed E-state index contributed by atoms with van der Waals surface area (Å²) in [4.78, 5) is 28.9. The quantitative estimate of drug-likeness (QED) is 0.342. The molecule has 0 unspecified atom stereocenters. The molecule has 2 amide bonds.